The first kappa shape index (κ1) is 25.7. The van der Waals surface area contributed by atoms with Crippen LogP contribution in [0.2, 0.25) is 0 Å². The second-order valence-electron chi connectivity index (χ2n) is 8.31. The Balaban J connectivity index is 1.41. The van der Waals surface area contributed by atoms with Gasteiger partial charge in [-0.15, -0.1) is 34.0 Å². The van der Waals surface area contributed by atoms with Crippen molar-refractivity contribution in [1.82, 2.24) is 0 Å². The van der Waals surface area contributed by atoms with E-state index in [9.17, 15) is 0 Å². The molecule has 39 heavy (non-hydrogen) atoms. The van der Waals surface area contributed by atoms with E-state index in [1.165, 1.54) is 33.0 Å². The van der Waals surface area contributed by atoms with Gasteiger partial charge in [-0.1, -0.05) is 0 Å². The molecule has 5 aromatic heterocycles. The van der Waals surface area contributed by atoms with Crippen LogP contribution in [0.3, 0.4) is 0 Å². The van der Waals surface area contributed by atoms with E-state index in [2.05, 4.69) is 26.0 Å². The van der Waals surface area contributed by atoms with Crippen LogP contribution in [0.25, 0.3) is 52.9 Å². The van der Waals surface area contributed by atoms with Crippen LogP contribution in [-0.4, -0.2) is 0 Å². The Morgan fingerprint density at radius 2 is 0.949 bits per heavy atom. The number of allylic oxidation sites excluding steroid dienone is 2. The Morgan fingerprint density at radius 1 is 0.564 bits per heavy atom. The van der Waals surface area contributed by atoms with Crippen molar-refractivity contribution in [3.63, 3.8) is 0 Å². The summed E-state index contributed by atoms with van der Waals surface area (Å²) in [4.78, 5) is 6.59. The number of nitriles is 4. The van der Waals surface area contributed by atoms with E-state index in [0.29, 0.717) is 23.0 Å². The number of thiophene rings is 3. The molecule has 0 saturated heterocycles. The third-order valence-corrected chi connectivity index (χ3v) is 9.86. The second-order valence-corrected chi connectivity index (χ2v) is 11.5. The SMILES string of the molecule is Cc1c(-c2ccc(-c3ccc(C=C(C#N)C#N)o3)s2)sc(-c2ccc(-c3ccc(C=C(C#N)C#N)o3)s2)c1C. The molecule has 0 bridgehead atoms. The molecule has 9 heteroatoms. The summed E-state index contributed by atoms with van der Waals surface area (Å²) in [5.41, 5.74) is 2.43. The highest BCUT2D eigenvalue weighted by Gasteiger charge is 2.19. The van der Waals surface area contributed by atoms with Gasteiger partial charge in [-0.2, -0.15) is 21.0 Å². The van der Waals surface area contributed by atoms with Gasteiger partial charge in [0.25, 0.3) is 0 Å². The molecule has 0 saturated carbocycles. The minimum absolute atomic E-state index is 0.00632. The number of rotatable bonds is 6. The van der Waals surface area contributed by atoms with E-state index in [-0.39, 0.29) is 11.1 Å². The first-order chi connectivity index (χ1) is 18.9. The van der Waals surface area contributed by atoms with Crippen LogP contribution >= 0.6 is 34.0 Å². The van der Waals surface area contributed by atoms with Crippen molar-refractivity contribution in [2.75, 3.05) is 0 Å². The van der Waals surface area contributed by atoms with Gasteiger partial charge in [-0.3, -0.25) is 0 Å². The van der Waals surface area contributed by atoms with E-state index in [0.717, 1.165) is 19.5 Å². The lowest BCUT2D eigenvalue weighted by Crippen LogP contribution is -1.75. The van der Waals surface area contributed by atoms with Crippen LogP contribution in [-0.2, 0) is 0 Å². The number of hydrogen-bond acceptors (Lipinski definition) is 9. The van der Waals surface area contributed by atoms with Crippen LogP contribution in [0, 0.1) is 59.2 Å². The fourth-order valence-electron chi connectivity index (χ4n) is 3.84. The molecule has 5 aromatic rings. The van der Waals surface area contributed by atoms with E-state index in [1.54, 1.807) is 46.1 Å². The molecule has 0 aromatic carbocycles. The molecule has 0 aliphatic carbocycles. The van der Waals surface area contributed by atoms with Crippen LogP contribution in [0.5, 0.6) is 0 Å². The molecular weight excluding hydrogens is 545 g/mol. The maximum atomic E-state index is 8.97. The molecule has 0 unspecified atom stereocenters. The van der Waals surface area contributed by atoms with Crippen LogP contribution in [0.15, 0.2) is 68.5 Å². The number of hydrogen-bond donors (Lipinski definition) is 0. The Kier molecular flexibility index (Phi) is 7.15. The molecule has 0 aliphatic rings. The van der Waals surface area contributed by atoms with E-state index < -0.39 is 0 Å². The van der Waals surface area contributed by atoms with Gasteiger partial charge in [0.05, 0.1) is 9.75 Å². The fourth-order valence-corrected chi connectivity index (χ4v) is 7.42. The standard InChI is InChI=1S/C30H16N4O2S3/c1-17-18(2)30(28-10-8-26(38-28)24-6-4-22(36-24)12-20(15-33)16-34)39-29(17)27-9-7-25(37-27)23-5-3-21(35-23)11-19(13-31)14-32/h3-12H,1-2H3. The molecule has 0 fully saturated rings. The number of nitrogens with zero attached hydrogens (tertiary/aromatic N) is 4. The summed E-state index contributed by atoms with van der Waals surface area (Å²) in [7, 11) is 0. The average Bonchev–Trinajstić information content (AvgIpc) is 3.77. The van der Waals surface area contributed by atoms with Gasteiger partial charge in [0.15, 0.2) is 0 Å². The topological polar surface area (TPSA) is 121 Å². The van der Waals surface area contributed by atoms with Gasteiger partial charge < -0.3 is 8.83 Å². The van der Waals surface area contributed by atoms with Crippen molar-refractivity contribution >= 4 is 46.2 Å². The minimum Gasteiger partial charge on any atom is -0.456 e. The molecule has 6 nitrogen and oxygen atoms in total. The zero-order valence-electron chi connectivity index (χ0n) is 20.6. The van der Waals surface area contributed by atoms with Crippen LogP contribution < -0.4 is 0 Å². The minimum atomic E-state index is -0.00632. The van der Waals surface area contributed by atoms with Crippen molar-refractivity contribution in [3.8, 4) is 65.1 Å². The molecule has 0 spiro atoms. The van der Waals surface area contributed by atoms with Crippen molar-refractivity contribution < 1.29 is 8.83 Å². The third kappa shape index (κ3) is 5.12. The smallest absolute Gasteiger partial charge is 0.144 e. The second kappa shape index (κ2) is 10.8. The molecule has 0 amide bonds. The highest BCUT2D eigenvalue weighted by molar-refractivity contribution is 7.28. The molecule has 5 heterocycles. The Morgan fingerprint density at radius 3 is 1.33 bits per heavy atom. The number of furan rings is 2. The largest absolute Gasteiger partial charge is 0.456 e. The van der Waals surface area contributed by atoms with Crippen molar-refractivity contribution in [3.05, 3.63) is 82.3 Å². The summed E-state index contributed by atoms with van der Waals surface area (Å²) in [5, 5.41) is 35.9. The first-order valence-corrected chi connectivity index (χ1v) is 13.9. The Bertz CT molecular complexity index is 1770. The van der Waals surface area contributed by atoms with Crippen molar-refractivity contribution in [2.45, 2.75) is 13.8 Å². The lowest BCUT2D eigenvalue weighted by molar-refractivity contribution is 0.572. The highest BCUT2D eigenvalue weighted by Crippen LogP contribution is 2.47. The molecule has 0 radical (unpaired) electrons. The highest BCUT2D eigenvalue weighted by atomic mass is 32.1. The van der Waals surface area contributed by atoms with E-state index in [4.69, 9.17) is 29.9 Å². The monoisotopic (exact) mass is 560 g/mol. The van der Waals surface area contributed by atoms with Gasteiger partial charge in [0, 0.05) is 31.7 Å². The van der Waals surface area contributed by atoms with Crippen molar-refractivity contribution in [1.29, 1.82) is 21.0 Å². The maximum absolute atomic E-state index is 8.97. The lowest BCUT2D eigenvalue weighted by atomic mass is 10.1. The summed E-state index contributed by atoms with van der Waals surface area (Å²) in [6, 6.07) is 22.8. The fraction of sp³-hybridized carbons (Fsp3) is 0.0667. The van der Waals surface area contributed by atoms with Crippen LogP contribution in [0.4, 0.5) is 0 Å². The third-order valence-electron chi connectivity index (χ3n) is 5.90. The van der Waals surface area contributed by atoms with Gasteiger partial charge in [-0.05, 0) is 73.5 Å². The predicted octanol–water partition coefficient (Wildman–Crippen LogP) is 9.20. The summed E-state index contributed by atoms with van der Waals surface area (Å²) in [5.74, 6) is 2.30. The average molecular weight is 561 g/mol. The molecule has 186 valence electrons. The van der Waals surface area contributed by atoms with Gasteiger partial charge in [-0.25, -0.2) is 0 Å². The lowest BCUT2D eigenvalue weighted by Gasteiger charge is -1.96. The Hall–Kier alpha value is -4.90. The predicted molar refractivity (Wildman–Crippen MR) is 154 cm³/mol. The Labute approximate surface area is 236 Å². The van der Waals surface area contributed by atoms with Crippen LogP contribution in [0.1, 0.15) is 22.6 Å². The first-order valence-electron chi connectivity index (χ1n) is 11.5. The summed E-state index contributed by atoms with van der Waals surface area (Å²) in [6.45, 7) is 4.26. The van der Waals surface area contributed by atoms with E-state index >= 15 is 0 Å². The summed E-state index contributed by atoms with van der Waals surface area (Å²) >= 11 is 5.01. The van der Waals surface area contributed by atoms with E-state index in [1.807, 2.05) is 48.5 Å². The zero-order chi connectivity index (χ0) is 27.5. The normalized spacial score (nSPS) is 10.2. The molecule has 0 aliphatic heterocycles. The van der Waals surface area contributed by atoms with Crippen molar-refractivity contribution in [2.24, 2.45) is 0 Å². The maximum Gasteiger partial charge on any atom is 0.144 e. The summed E-state index contributed by atoms with van der Waals surface area (Å²) < 4.78 is 11.7. The molecule has 0 N–H and O–H groups in total. The molecule has 5 rings (SSSR count). The van der Waals surface area contributed by atoms with Gasteiger partial charge in [0.1, 0.15) is 58.5 Å². The molecular formula is C30H16N4O2S3. The van der Waals surface area contributed by atoms with Gasteiger partial charge >= 0.3 is 0 Å². The summed E-state index contributed by atoms with van der Waals surface area (Å²) in [6.07, 6.45) is 2.87. The molecule has 0 atom stereocenters. The zero-order valence-corrected chi connectivity index (χ0v) is 23.1. The quantitative estimate of drug-likeness (QED) is 0.191. The van der Waals surface area contributed by atoms with Gasteiger partial charge in [0.2, 0.25) is 0 Å².